The number of hydrogen-bond acceptors (Lipinski definition) is 4. The first-order valence-electron chi connectivity index (χ1n) is 7.72. The third-order valence-corrected chi connectivity index (χ3v) is 7.06. The van der Waals surface area contributed by atoms with Gasteiger partial charge in [0.2, 0.25) is 0 Å². The van der Waals surface area contributed by atoms with Crippen LogP contribution in [0.25, 0.3) is 0 Å². The van der Waals surface area contributed by atoms with E-state index in [0.29, 0.717) is 36.3 Å². The van der Waals surface area contributed by atoms with Crippen molar-refractivity contribution in [2.75, 3.05) is 26.7 Å². The highest BCUT2D eigenvalue weighted by Crippen LogP contribution is 2.26. The van der Waals surface area contributed by atoms with Gasteiger partial charge in [-0.05, 0) is 25.0 Å². The van der Waals surface area contributed by atoms with Crippen LogP contribution in [0.4, 0.5) is 0 Å². The van der Waals surface area contributed by atoms with Gasteiger partial charge in [-0.1, -0.05) is 12.5 Å². The normalized spacial score (nSPS) is 17.0. The second-order valence-corrected chi connectivity index (χ2v) is 8.61. The van der Waals surface area contributed by atoms with Gasteiger partial charge in [-0.25, -0.2) is 8.42 Å². The molecule has 8 heteroatoms. The summed E-state index contributed by atoms with van der Waals surface area (Å²) < 4.78 is 27.2. The average molecular weight is 357 g/mol. The van der Waals surface area contributed by atoms with Crippen LogP contribution in [0.1, 0.15) is 24.1 Å². The average Bonchev–Trinajstić information content (AvgIpc) is 3.06. The molecule has 1 aromatic heterocycles. The third kappa shape index (κ3) is 4.79. The lowest BCUT2D eigenvalue weighted by Crippen LogP contribution is -2.36. The van der Waals surface area contributed by atoms with Gasteiger partial charge in [0.1, 0.15) is 4.21 Å². The Morgan fingerprint density at radius 1 is 1.35 bits per heavy atom. The van der Waals surface area contributed by atoms with E-state index in [2.05, 4.69) is 22.2 Å². The number of guanidine groups is 1. The summed E-state index contributed by atoms with van der Waals surface area (Å²) in [6.45, 7) is 6.07. The number of piperidine rings is 1. The lowest BCUT2D eigenvalue weighted by molar-refractivity contribution is 0.347. The van der Waals surface area contributed by atoms with Crippen molar-refractivity contribution in [2.24, 2.45) is 4.99 Å². The molecule has 1 aromatic rings. The predicted octanol–water partition coefficient (Wildman–Crippen LogP) is 1.77. The minimum absolute atomic E-state index is 0.422. The summed E-state index contributed by atoms with van der Waals surface area (Å²) in [5, 5.41) is 6.23. The maximum Gasteiger partial charge on any atom is 0.252 e. The summed E-state index contributed by atoms with van der Waals surface area (Å²) in [6, 6.07) is 3.56. The molecule has 2 N–H and O–H groups in total. The fourth-order valence-corrected chi connectivity index (χ4v) is 5.35. The van der Waals surface area contributed by atoms with Crippen LogP contribution >= 0.6 is 11.3 Å². The number of hydrogen-bond donors (Lipinski definition) is 2. The third-order valence-electron chi connectivity index (χ3n) is 3.61. The molecule has 0 bridgehead atoms. The summed E-state index contributed by atoms with van der Waals surface area (Å²) >= 11 is 1.31. The number of nitrogens with zero attached hydrogens (tertiary/aromatic N) is 2. The SMILES string of the molecule is C=CCNC(=NC)NCc1ccc(S(=O)(=O)N2CCCCC2)s1. The lowest BCUT2D eigenvalue weighted by Gasteiger charge is -2.25. The van der Waals surface area contributed by atoms with Crippen molar-refractivity contribution in [3.8, 4) is 0 Å². The quantitative estimate of drug-likeness (QED) is 0.463. The van der Waals surface area contributed by atoms with Crippen LogP contribution in [-0.4, -0.2) is 45.4 Å². The standard InChI is InChI=1S/C15H24N4O2S2/c1-3-9-17-15(16-2)18-12-13-7-8-14(22-13)23(20,21)19-10-5-4-6-11-19/h3,7-8H,1,4-6,9-12H2,2H3,(H2,16,17,18). The van der Waals surface area contributed by atoms with Crippen molar-refractivity contribution in [1.82, 2.24) is 14.9 Å². The van der Waals surface area contributed by atoms with Gasteiger partial charge in [-0.15, -0.1) is 17.9 Å². The van der Waals surface area contributed by atoms with E-state index in [0.717, 1.165) is 24.1 Å². The smallest absolute Gasteiger partial charge is 0.252 e. The van der Waals surface area contributed by atoms with E-state index < -0.39 is 10.0 Å². The molecule has 0 unspecified atom stereocenters. The highest BCUT2D eigenvalue weighted by atomic mass is 32.2. The van der Waals surface area contributed by atoms with Crippen molar-refractivity contribution < 1.29 is 8.42 Å². The van der Waals surface area contributed by atoms with Crippen LogP contribution in [0.2, 0.25) is 0 Å². The lowest BCUT2D eigenvalue weighted by atomic mass is 10.2. The molecule has 2 heterocycles. The fraction of sp³-hybridized carbons (Fsp3) is 0.533. The topological polar surface area (TPSA) is 73.8 Å². The van der Waals surface area contributed by atoms with Crippen LogP contribution in [0, 0.1) is 0 Å². The van der Waals surface area contributed by atoms with Crippen LogP contribution in [0.15, 0.2) is 34.0 Å². The Hall–Kier alpha value is -1.38. The van der Waals surface area contributed by atoms with E-state index in [1.807, 2.05) is 6.07 Å². The monoisotopic (exact) mass is 356 g/mol. The first kappa shape index (κ1) is 18.0. The molecule has 1 aliphatic rings. The second kappa shape index (κ2) is 8.47. The molecule has 0 atom stereocenters. The van der Waals surface area contributed by atoms with Crippen LogP contribution < -0.4 is 10.6 Å². The molecule has 1 fully saturated rings. The molecule has 23 heavy (non-hydrogen) atoms. The highest BCUT2D eigenvalue weighted by molar-refractivity contribution is 7.91. The zero-order chi connectivity index (χ0) is 16.7. The largest absolute Gasteiger partial charge is 0.353 e. The minimum atomic E-state index is -3.33. The van der Waals surface area contributed by atoms with Gasteiger partial charge in [0.25, 0.3) is 10.0 Å². The first-order chi connectivity index (χ1) is 11.1. The molecule has 0 aromatic carbocycles. The van der Waals surface area contributed by atoms with E-state index in [9.17, 15) is 8.42 Å². The van der Waals surface area contributed by atoms with E-state index in [1.54, 1.807) is 23.5 Å². The summed E-state index contributed by atoms with van der Waals surface area (Å²) in [5.74, 6) is 0.665. The molecule has 1 aliphatic heterocycles. The van der Waals surface area contributed by atoms with Crippen LogP contribution in [0.5, 0.6) is 0 Å². The van der Waals surface area contributed by atoms with Gasteiger partial charge in [0.15, 0.2) is 5.96 Å². The summed E-state index contributed by atoms with van der Waals surface area (Å²) in [6.07, 6.45) is 4.76. The van der Waals surface area contributed by atoms with E-state index in [4.69, 9.17) is 0 Å². The Bertz CT molecular complexity index is 646. The zero-order valence-corrected chi connectivity index (χ0v) is 15.0. The van der Waals surface area contributed by atoms with E-state index in [1.165, 1.54) is 11.3 Å². The molecule has 0 aliphatic carbocycles. The Balaban J connectivity index is 1.98. The van der Waals surface area contributed by atoms with Gasteiger partial charge in [-0.2, -0.15) is 4.31 Å². The Morgan fingerprint density at radius 2 is 2.09 bits per heavy atom. The molecular formula is C15H24N4O2S2. The fourth-order valence-electron chi connectivity index (χ4n) is 2.38. The van der Waals surface area contributed by atoms with Crippen LogP contribution in [0.3, 0.4) is 0 Å². The summed E-state index contributed by atoms with van der Waals surface area (Å²) in [4.78, 5) is 5.05. The molecule has 1 saturated heterocycles. The molecular weight excluding hydrogens is 332 g/mol. The number of nitrogens with one attached hydrogen (secondary N) is 2. The van der Waals surface area contributed by atoms with Gasteiger partial charge < -0.3 is 10.6 Å². The van der Waals surface area contributed by atoms with Gasteiger partial charge in [0.05, 0.1) is 6.54 Å². The number of thiophene rings is 1. The molecule has 0 radical (unpaired) electrons. The second-order valence-electron chi connectivity index (χ2n) is 5.28. The van der Waals surface area contributed by atoms with E-state index in [-0.39, 0.29) is 0 Å². The molecule has 0 spiro atoms. The van der Waals surface area contributed by atoms with Gasteiger partial charge in [0, 0.05) is 31.6 Å². The summed E-state index contributed by atoms with van der Waals surface area (Å²) in [5.41, 5.74) is 0. The molecule has 6 nitrogen and oxygen atoms in total. The van der Waals surface area contributed by atoms with Gasteiger partial charge in [-0.3, -0.25) is 4.99 Å². The Labute approximate surface area is 142 Å². The molecule has 0 amide bonds. The molecule has 128 valence electrons. The van der Waals surface area contributed by atoms with Crippen molar-refractivity contribution in [2.45, 2.75) is 30.0 Å². The number of rotatable bonds is 6. The Kier molecular flexibility index (Phi) is 6.61. The predicted molar refractivity (Wildman–Crippen MR) is 95.3 cm³/mol. The number of sulfonamides is 1. The molecule has 2 rings (SSSR count). The first-order valence-corrected chi connectivity index (χ1v) is 9.98. The van der Waals surface area contributed by atoms with Crippen LogP contribution in [-0.2, 0) is 16.6 Å². The Morgan fingerprint density at radius 3 is 2.74 bits per heavy atom. The summed E-state index contributed by atoms with van der Waals surface area (Å²) in [7, 11) is -1.64. The van der Waals surface area contributed by atoms with Crippen molar-refractivity contribution in [1.29, 1.82) is 0 Å². The highest BCUT2D eigenvalue weighted by Gasteiger charge is 2.27. The number of aliphatic imine (C=N–C) groups is 1. The van der Waals surface area contributed by atoms with Gasteiger partial charge >= 0.3 is 0 Å². The maximum atomic E-state index is 12.6. The molecule has 0 saturated carbocycles. The zero-order valence-electron chi connectivity index (χ0n) is 13.4. The van der Waals surface area contributed by atoms with Crippen molar-refractivity contribution >= 4 is 27.3 Å². The van der Waals surface area contributed by atoms with E-state index >= 15 is 0 Å². The minimum Gasteiger partial charge on any atom is -0.353 e. The van der Waals surface area contributed by atoms with Crippen molar-refractivity contribution in [3.05, 3.63) is 29.7 Å². The maximum absolute atomic E-state index is 12.6. The van der Waals surface area contributed by atoms with Crippen molar-refractivity contribution in [3.63, 3.8) is 0 Å².